The fourth-order valence-corrected chi connectivity index (χ4v) is 7.78. The number of nitrogens with zero attached hydrogens (tertiary/aromatic N) is 1. The maximum atomic E-state index is 14.5. The number of amides is 3. The SMILES string of the molecule is CCOc1ccc(NC(=O)[C@@H]2[C@H]3C(=O)N([C@@H](CO)CC(C)C)C(C(=O)Nc4ccc5ccccc5c4)C34CC[C@@]2(C)O4)cc1. The lowest BCUT2D eigenvalue weighted by molar-refractivity contribution is -0.147. The van der Waals surface area contributed by atoms with Crippen molar-refractivity contribution in [3.05, 3.63) is 66.7 Å². The summed E-state index contributed by atoms with van der Waals surface area (Å²) >= 11 is 0. The summed E-state index contributed by atoms with van der Waals surface area (Å²) in [6.07, 6.45) is 1.49. The van der Waals surface area contributed by atoms with Gasteiger partial charge in [0.15, 0.2) is 0 Å². The van der Waals surface area contributed by atoms with Crippen LogP contribution in [0.4, 0.5) is 11.4 Å². The number of ether oxygens (including phenoxy) is 2. The number of hydrogen-bond acceptors (Lipinski definition) is 6. The van der Waals surface area contributed by atoms with E-state index in [1.54, 1.807) is 24.3 Å². The van der Waals surface area contributed by atoms with E-state index in [0.29, 0.717) is 43.0 Å². The number of rotatable bonds is 10. The van der Waals surface area contributed by atoms with Gasteiger partial charge >= 0.3 is 0 Å². The van der Waals surface area contributed by atoms with E-state index < -0.39 is 35.1 Å². The minimum atomic E-state index is -1.20. The topological polar surface area (TPSA) is 117 Å². The number of carbonyl (C=O) groups is 3. The molecule has 6 atom stereocenters. The van der Waals surface area contributed by atoms with E-state index in [4.69, 9.17) is 9.47 Å². The first-order chi connectivity index (χ1) is 21.1. The molecule has 0 radical (unpaired) electrons. The van der Waals surface area contributed by atoms with Crippen LogP contribution in [0.15, 0.2) is 66.7 Å². The Morgan fingerprint density at radius 2 is 1.68 bits per heavy atom. The first kappa shape index (κ1) is 30.1. The summed E-state index contributed by atoms with van der Waals surface area (Å²) < 4.78 is 12.3. The molecule has 9 heteroatoms. The molecule has 2 bridgehead atoms. The van der Waals surface area contributed by atoms with Crippen molar-refractivity contribution in [1.82, 2.24) is 4.90 Å². The molecule has 3 N–H and O–H groups in total. The molecule has 1 spiro atoms. The van der Waals surface area contributed by atoms with Gasteiger partial charge in [-0.15, -0.1) is 0 Å². The van der Waals surface area contributed by atoms with Crippen molar-refractivity contribution in [3.8, 4) is 5.75 Å². The maximum absolute atomic E-state index is 14.5. The van der Waals surface area contributed by atoms with Crippen molar-refractivity contribution in [2.24, 2.45) is 17.8 Å². The molecule has 3 aliphatic heterocycles. The highest BCUT2D eigenvalue weighted by Crippen LogP contribution is 2.63. The summed E-state index contributed by atoms with van der Waals surface area (Å²) in [6, 6.07) is 19.1. The predicted octanol–water partition coefficient (Wildman–Crippen LogP) is 4.99. The van der Waals surface area contributed by atoms with E-state index >= 15 is 0 Å². The zero-order valence-electron chi connectivity index (χ0n) is 25.7. The van der Waals surface area contributed by atoms with Crippen molar-refractivity contribution in [1.29, 1.82) is 0 Å². The Morgan fingerprint density at radius 3 is 2.36 bits per heavy atom. The Kier molecular flexibility index (Phi) is 7.88. The largest absolute Gasteiger partial charge is 0.494 e. The van der Waals surface area contributed by atoms with Crippen LogP contribution in [-0.2, 0) is 19.1 Å². The van der Waals surface area contributed by atoms with Crippen LogP contribution in [0.5, 0.6) is 5.75 Å². The molecule has 232 valence electrons. The Bertz CT molecular complexity index is 1570. The molecule has 6 rings (SSSR count). The van der Waals surface area contributed by atoms with Crippen LogP contribution in [0.1, 0.15) is 47.0 Å². The van der Waals surface area contributed by atoms with Crippen LogP contribution in [-0.4, -0.2) is 64.2 Å². The van der Waals surface area contributed by atoms with Crippen LogP contribution >= 0.6 is 0 Å². The average molecular weight is 600 g/mol. The van der Waals surface area contributed by atoms with Gasteiger partial charge in [-0.3, -0.25) is 14.4 Å². The smallest absolute Gasteiger partial charge is 0.250 e. The fourth-order valence-electron chi connectivity index (χ4n) is 7.78. The third-order valence-electron chi connectivity index (χ3n) is 9.54. The number of benzene rings is 3. The third kappa shape index (κ3) is 5.02. The molecule has 0 aliphatic carbocycles. The van der Waals surface area contributed by atoms with Crippen LogP contribution in [0.2, 0.25) is 0 Å². The van der Waals surface area contributed by atoms with E-state index in [0.717, 1.165) is 10.8 Å². The molecule has 3 fully saturated rings. The molecule has 3 heterocycles. The van der Waals surface area contributed by atoms with Crippen molar-refractivity contribution >= 4 is 39.9 Å². The lowest BCUT2D eigenvalue weighted by Crippen LogP contribution is -2.56. The van der Waals surface area contributed by atoms with Crippen molar-refractivity contribution in [3.63, 3.8) is 0 Å². The van der Waals surface area contributed by atoms with Gasteiger partial charge in [0.05, 0.1) is 36.7 Å². The zero-order valence-corrected chi connectivity index (χ0v) is 25.7. The monoisotopic (exact) mass is 599 g/mol. The van der Waals surface area contributed by atoms with E-state index in [1.807, 2.05) is 70.2 Å². The van der Waals surface area contributed by atoms with Crippen LogP contribution in [0, 0.1) is 17.8 Å². The minimum Gasteiger partial charge on any atom is -0.494 e. The number of likely N-dealkylation sites (tertiary alicyclic amines) is 1. The van der Waals surface area contributed by atoms with Crippen molar-refractivity contribution in [2.75, 3.05) is 23.8 Å². The number of hydrogen-bond donors (Lipinski definition) is 3. The highest BCUT2D eigenvalue weighted by atomic mass is 16.5. The normalized spacial score (nSPS) is 27.9. The fraction of sp³-hybridized carbons (Fsp3) is 0.457. The zero-order chi connectivity index (χ0) is 31.2. The second-order valence-corrected chi connectivity index (χ2v) is 12.9. The number of aliphatic hydroxyl groups is 1. The molecule has 3 aromatic rings. The van der Waals surface area contributed by atoms with Crippen LogP contribution in [0.25, 0.3) is 10.8 Å². The lowest BCUT2D eigenvalue weighted by Gasteiger charge is -2.37. The van der Waals surface area contributed by atoms with E-state index in [2.05, 4.69) is 10.6 Å². The van der Waals surface area contributed by atoms with Gasteiger partial charge < -0.3 is 30.1 Å². The molecule has 2 unspecified atom stereocenters. The van der Waals surface area contributed by atoms with Gasteiger partial charge in [-0.25, -0.2) is 0 Å². The molecule has 3 aliphatic rings. The van der Waals surface area contributed by atoms with Gasteiger partial charge in [-0.1, -0.05) is 44.2 Å². The molecular weight excluding hydrogens is 558 g/mol. The first-order valence-corrected chi connectivity index (χ1v) is 15.6. The Balaban J connectivity index is 1.35. The predicted molar refractivity (Wildman–Crippen MR) is 168 cm³/mol. The van der Waals surface area contributed by atoms with Crippen molar-refractivity contribution in [2.45, 2.75) is 70.2 Å². The molecule has 3 amide bonds. The molecule has 3 saturated heterocycles. The summed E-state index contributed by atoms with van der Waals surface area (Å²) in [5, 5.41) is 18.6. The van der Waals surface area contributed by atoms with Gasteiger partial charge in [-0.05, 0) is 86.2 Å². The van der Waals surface area contributed by atoms with Gasteiger partial charge in [0.1, 0.15) is 17.4 Å². The van der Waals surface area contributed by atoms with Gasteiger partial charge in [0, 0.05) is 11.4 Å². The number of anilines is 2. The first-order valence-electron chi connectivity index (χ1n) is 15.6. The Hall–Kier alpha value is -3.95. The maximum Gasteiger partial charge on any atom is 0.250 e. The summed E-state index contributed by atoms with van der Waals surface area (Å²) in [4.78, 5) is 44.3. The summed E-state index contributed by atoms with van der Waals surface area (Å²) in [7, 11) is 0. The third-order valence-corrected chi connectivity index (χ3v) is 9.54. The summed E-state index contributed by atoms with van der Waals surface area (Å²) in [5.41, 5.74) is -0.928. The quantitative estimate of drug-likeness (QED) is 0.303. The van der Waals surface area contributed by atoms with E-state index in [1.165, 1.54) is 4.90 Å². The lowest BCUT2D eigenvalue weighted by atomic mass is 9.66. The van der Waals surface area contributed by atoms with Crippen LogP contribution < -0.4 is 15.4 Å². The number of carbonyl (C=O) groups excluding carboxylic acids is 3. The molecular formula is C35H41N3O6. The average Bonchev–Trinajstić information content (AvgIpc) is 3.57. The van der Waals surface area contributed by atoms with Crippen molar-refractivity contribution < 1.29 is 29.0 Å². The molecule has 44 heavy (non-hydrogen) atoms. The Labute approximate surface area is 257 Å². The highest BCUT2D eigenvalue weighted by Gasteiger charge is 2.78. The van der Waals surface area contributed by atoms with Gasteiger partial charge in [0.2, 0.25) is 17.7 Å². The highest BCUT2D eigenvalue weighted by molar-refractivity contribution is 6.06. The van der Waals surface area contributed by atoms with E-state index in [-0.39, 0.29) is 30.2 Å². The second kappa shape index (κ2) is 11.5. The molecule has 0 saturated carbocycles. The second-order valence-electron chi connectivity index (χ2n) is 12.9. The number of aliphatic hydroxyl groups excluding tert-OH is 1. The van der Waals surface area contributed by atoms with E-state index in [9.17, 15) is 19.5 Å². The standard InChI is InChI=1S/C35H41N3O6/c1-5-43-27-14-12-24(13-15-27)36-31(40)28-29-33(42)38(26(20-39)18-21(2)3)30(35(29)17-16-34(28,4)44-35)32(41)37-25-11-10-22-8-6-7-9-23(22)19-25/h6-15,19,21,26,28-30,39H,5,16-18,20H2,1-4H3,(H,36,40)(H,37,41)/t26-,28+,29+,30?,34-,35?/m1/s1. The summed E-state index contributed by atoms with van der Waals surface area (Å²) in [6.45, 7) is 8.04. The molecule has 9 nitrogen and oxygen atoms in total. The summed E-state index contributed by atoms with van der Waals surface area (Å²) in [5.74, 6) is -1.84. The minimum absolute atomic E-state index is 0.163. The molecule has 3 aromatic carbocycles. The van der Waals surface area contributed by atoms with Crippen LogP contribution in [0.3, 0.4) is 0 Å². The van der Waals surface area contributed by atoms with Gasteiger partial charge in [0.25, 0.3) is 0 Å². The molecule has 0 aromatic heterocycles. The Morgan fingerprint density at radius 1 is 1.00 bits per heavy atom. The van der Waals surface area contributed by atoms with Gasteiger partial charge in [-0.2, -0.15) is 0 Å². The number of nitrogens with one attached hydrogen (secondary N) is 2. The number of fused-ring (bicyclic) bond motifs is 2.